The number of aromatic nitrogens is 2. The standard InChI is InChI=1S/C17H15F3N2OS2/c1-9-10(2)25-14-13(9)15(23)22(3)16(21-14)24-8-11-5-4-6-12(7-11)17(18,19)20/h4-7H,8H2,1-3H3. The van der Waals surface area contributed by atoms with Gasteiger partial charge in [-0.15, -0.1) is 11.3 Å². The molecule has 0 aliphatic heterocycles. The molecule has 0 aliphatic carbocycles. The molecule has 3 nitrogen and oxygen atoms in total. The van der Waals surface area contributed by atoms with Gasteiger partial charge in [-0.2, -0.15) is 13.2 Å². The number of aryl methyl sites for hydroxylation is 2. The average molecular weight is 384 g/mol. The molecule has 2 heterocycles. The average Bonchev–Trinajstić information content (AvgIpc) is 2.83. The second kappa shape index (κ2) is 6.49. The van der Waals surface area contributed by atoms with Crippen molar-refractivity contribution in [2.75, 3.05) is 0 Å². The van der Waals surface area contributed by atoms with Crippen LogP contribution in [0, 0.1) is 13.8 Å². The molecular weight excluding hydrogens is 369 g/mol. The Bertz CT molecular complexity index is 1010. The zero-order valence-corrected chi connectivity index (χ0v) is 15.4. The maximum atomic E-state index is 12.8. The van der Waals surface area contributed by atoms with Crippen LogP contribution in [0.2, 0.25) is 0 Å². The summed E-state index contributed by atoms with van der Waals surface area (Å²) in [5.41, 5.74) is 0.668. The molecule has 0 bridgehead atoms. The van der Waals surface area contributed by atoms with E-state index < -0.39 is 11.7 Å². The van der Waals surface area contributed by atoms with E-state index in [1.165, 1.54) is 33.7 Å². The minimum Gasteiger partial charge on any atom is -0.290 e. The molecule has 1 aromatic carbocycles. The van der Waals surface area contributed by atoms with E-state index in [0.29, 0.717) is 26.7 Å². The van der Waals surface area contributed by atoms with Gasteiger partial charge in [0.1, 0.15) is 4.83 Å². The van der Waals surface area contributed by atoms with Gasteiger partial charge in [0, 0.05) is 17.7 Å². The number of rotatable bonds is 3. The van der Waals surface area contributed by atoms with Gasteiger partial charge >= 0.3 is 6.18 Å². The van der Waals surface area contributed by atoms with Crippen LogP contribution in [0.15, 0.2) is 34.2 Å². The van der Waals surface area contributed by atoms with Gasteiger partial charge in [0.25, 0.3) is 5.56 Å². The van der Waals surface area contributed by atoms with Crippen molar-refractivity contribution < 1.29 is 13.2 Å². The van der Waals surface area contributed by atoms with E-state index in [1.807, 2.05) is 13.8 Å². The van der Waals surface area contributed by atoms with E-state index in [9.17, 15) is 18.0 Å². The van der Waals surface area contributed by atoms with Crippen LogP contribution < -0.4 is 5.56 Å². The number of fused-ring (bicyclic) bond motifs is 1. The summed E-state index contributed by atoms with van der Waals surface area (Å²) in [6.45, 7) is 3.84. The smallest absolute Gasteiger partial charge is 0.290 e. The highest BCUT2D eigenvalue weighted by molar-refractivity contribution is 7.98. The lowest BCUT2D eigenvalue weighted by molar-refractivity contribution is -0.137. The van der Waals surface area contributed by atoms with Crippen molar-refractivity contribution in [3.63, 3.8) is 0 Å². The van der Waals surface area contributed by atoms with Crippen molar-refractivity contribution >= 4 is 33.3 Å². The molecule has 132 valence electrons. The molecule has 3 aromatic rings. The summed E-state index contributed by atoms with van der Waals surface area (Å²) in [5, 5.41) is 1.12. The van der Waals surface area contributed by atoms with Gasteiger partial charge in [0.15, 0.2) is 5.16 Å². The number of hydrogen-bond acceptors (Lipinski definition) is 4. The largest absolute Gasteiger partial charge is 0.416 e. The Hall–Kier alpha value is -1.80. The number of alkyl halides is 3. The highest BCUT2D eigenvalue weighted by Gasteiger charge is 2.30. The first-order valence-corrected chi connectivity index (χ1v) is 9.24. The highest BCUT2D eigenvalue weighted by atomic mass is 32.2. The van der Waals surface area contributed by atoms with Crippen LogP contribution in [-0.2, 0) is 19.0 Å². The van der Waals surface area contributed by atoms with Gasteiger partial charge in [-0.05, 0) is 31.0 Å². The third-order valence-electron chi connectivity index (χ3n) is 3.99. The van der Waals surface area contributed by atoms with Gasteiger partial charge in [0.2, 0.25) is 0 Å². The first-order chi connectivity index (χ1) is 11.7. The minimum atomic E-state index is -4.36. The molecule has 0 saturated carbocycles. The molecule has 2 aromatic heterocycles. The fraction of sp³-hybridized carbons (Fsp3) is 0.294. The lowest BCUT2D eigenvalue weighted by atomic mass is 10.1. The number of thiophene rings is 1. The quantitative estimate of drug-likeness (QED) is 0.475. The monoisotopic (exact) mass is 384 g/mol. The molecule has 0 aliphatic rings. The van der Waals surface area contributed by atoms with Crippen molar-refractivity contribution in [1.29, 1.82) is 0 Å². The van der Waals surface area contributed by atoms with Crippen LogP contribution in [0.4, 0.5) is 13.2 Å². The molecule has 0 spiro atoms. The molecule has 0 radical (unpaired) electrons. The van der Waals surface area contributed by atoms with Gasteiger partial charge in [-0.1, -0.05) is 30.0 Å². The first kappa shape index (κ1) is 18.0. The Labute approximate surface area is 150 Å². The van der Waals surface area contributed by atoms with Crippen LogP contribution in [0.5, 0.6) is 0 Å². The van der Waals surface area contributed by atoms with E-state index in [0.717, 1.165) is 22.6 Å². The Balaban J connectivity index is 1.92. The zero-order valence-electron chi connectivity index (χ0n) is 13.8. The second-order valence-corrected chi connectivity index (χ2v) is 7.85. The Kier molecular flexibility index (Phi) is 4.68. The summed E-state index contributed by atoms with van der Waals surface area (Å²) in [5.74, 6) is 0.305. The van der Waals surface area contributed by atoms with Crippen molar-refractivity contribution in [3.05, 3.63) is 56.2 Å². The van der Waals surface area contributed by atoms with Gasteiger partial charge < -0.3 is 0 Å². The lowest BCUT2D eigenvalue weighted by Crippen LogP contribution is -2.19. The Morgan fingerprint density at radius 2 is 2.00 bits per heavy atom. The SMILES string of the molecule is Cc1sc2nc(SCc3cccc(C(F)(F)F)c3)n(C)c(=O)c2c1C. The van der Waals surface area contributed by atoms with Crippen LogP contribution in [0.25, 0.3) is 10.2 Å². The third kappa shape index (κ3) is 3.46. The van der Waals surface area contributed by atoms with Crippen molar-refractivity contribution in [3.8, 4) is 0 Å². The van der Waals surface area contributed by atoms with E-state index in [1.54, 1.807) is 13.1 Å². The van der Waals surface area contributed by atoms with E-state index in [-0.39, 0.29) is 5.56 Å². The third-order valence-corrected chi connectivity index (χ3v) is 6.19. The maximum Gasteiger partial charge on any atom is 0.416 e. The van der Waals surface area contributed by atoms with Crippen LogP contribution in [-0.4, -0.2) is 9.55 Å². The summed E-state index contributed by atoms with van der Waals surface area (Å²) in [6.07, 6.45) is -4.36. The number of halogens is 3. The van der Waals surface area contributed by atoms with E-state index >= 15 is 0 Å². The highest BCUT2D eigenvalue weighted by Crippen LogP contribution is 2.32. The Morgan fingerprint density at radius 1 is 1.28 bits per heavy atom. The molecule has 0 unspecified atom stereocenters. The van der Waals surface area contributed by atoms with Crippen molar-refractivity contribution in [1.82, 2.24) is 9.55 Å². The molecule has 0 atom stereocenters. The topological polar surface area (TPSA) is 34.9 Å². The maximum absolute atomic E-state index is 12.8. The fourth-order valence-corrected chi connectivity index (χ4v) is 4.46. The molecule has 0 amide bonds. The van der Waals surface area contributed by atoms with E-state index in [4.69, 9.17) is 0 Å². The fourth-order valence-electron chi connectivity index (χ4n) is 2.47. The molecule has 0 fully saturated rings. The molecule has 25 heavy (non-hydrogen) atoms. The number of thioether (sulfide) groups is 1. The van der Waals surface area contributed by atoms with Crippen molar-refractivity contribution in [2.24, 2.45) is 7.05 Å². The minimum absolute atomic E-state index is 0.126. The zero-order chi connectivity index (χ0) is 18.4. The summed E-state index contributed by atoms with van der Waals surface area (Å²) >= 11 is 2.71. The van der Waals surface area contributed by atoms with Gasteiger partial charge in [0.05, 0.1) is 10.9 Å². The number of hydrogen-bond donors (Lipinski definition) is 0. The molecule has 8 heteroatoms. The lowest BCUT2D eigenvalue weighted by Gasteiger charge is -2.10. The van der Waals surface area contributed by atoms with E-state index in [2.05, 4.69) is 4.98 Å². The summed E-state index contributed by atoms with van der Waals surface area (Å²) in [7, 11) is 1.63. The van der Waals surface area contributed by atoms with Crippen molar-refractivity contribution in [2.45, 2.75) is 30.9 Å². The normalized spacial score (nSPS) is 12.1. The molecular formula is C17H15F3N2OS2. The van der Waals surface area contributed by atoms with Crippen LogP contribution in [0.1, 0.15) is 21.6 Å². The number of benzene rings is 1. The van der Waals surface area contributed by atoms with Crippen LogP contribution >= 0.6 is 23.1 Å². The predicted octanol–water partition coefficient (Wildman–Crippen LogP) is 4.92. The molecule has 0 saturated heterocycles. The van der Waals surface area contributed by atoms with Crippen LogP contribution in [0.3, 0.4) is 0 Å². The summed E-state index contributed by atoms with van der Waals surface area (Å²) < 4.78 is 39.9. The number of nitrogens with zero attached hydrogens (tertiary/aromatic N) is 2. The first-order valence-electron chi connectivity index (χ1n) is 7.44. The molecule has 3 rings (SSSR count). The van der Waals surface area contributed by atoms with Gasteiger partial charge in [-0.3, -0.25) is 9.36 Å². The predicted molar refractivity (Wildman–Crippen MR) is 95.3 cm³/mol. The Morgan fingerprint density at radius 3 is 2.68 bits per heavy atom. The van der Waals surface area contributed by atoms with Gasteiger partial charge in [-0.25, -0.2) is 4.98 Å². The summed E-state index contributed by atoms with van der Waals surface area (Å²) in [4.78, 5) is 18.8. The molecule has 0 N–H and O–H groups in total. The summed E-state index contributed by atoms with van der Waals surface area (Å²) in [6, 6.07) is 5.20. The second-order valence-electron chi connectivity index (χ2n) is 5.71.